The number of rotatable bonds is 4. The molecule has 0 heterocycles. The van der Waals surface area contributed by atoms with Crippen molar-refractivity contribution in [3.63, 3.8) is 0 Å². The molecule has 0 aliphatic rings. The highest BCUT2D eigenvalue weighted by Gasteiger charge is 2.06. The minimum atomic E-state index is -0.446. The number of halogens is 2. The maximum atomic E-state index is 13.4. The fourth-order valence-corrected chi connectivity index (χ4v) is 1.39. The van der Waals surface area contributed by atoms with Gasteiger partial charge in [0, 0.05) is 25.2 Å². The molecule has 5 heteroatoms. The molecule has 1 rings (SSSR count). The van der Waals surface area contributed by atoms with Crippen LogP contribution in [0.1, 0.15) is 25.8 Å². The molecule has 0 aliphatic carbocycles. The lowest BCUT2D eigenvalue weighted by atomic mass is 10.2. The molecular weight excluding hydrogens is 236 g/mol. The van der Waals surface area contributed by atoms with Gasteiger partial charge in [-0.2, -0.15) is 0 Å². The zero-order valence-corrected chi connectivity index (χ0v) is 10.9. The zero-order valence-electron chi connectivity index (χ0n) is 10.9. The fraction of sp³-hybridized carbons (Fsp3) is 0.462. The maximum absolute atomic E-state index is 13.4. The Morgan fingerprint density at radius 2 is 2.11 bits per heavy atom. The Morgan fingerprint density at radius 3 is 2.72 bits per heavy atom. The predicted molar refractivity (Wildman–Crippen MR) is 69.4 cm³/mol. The Balaban J connectivity index is 2.60. The summed E-state index contributed by atoms with van der Waals surface area (Å²) < 4.78 is 26.4. The standard InChI is InChI=1S/C13H19F2N3/c1-4-9(2)18-13(16-3)17-8-10-7-11(14)5-6-12(10)15/h5-7,9H,4,8H2,1-3H3,(H2,16,17,18). The van der Waals surface area contributed by atoms with Gasteiger partial charge in [0.15, 0.2) is 5.96 Å². The molecule has 0 saturated heterocycles. The molecule has 3 nitrogen and oxygen atoms in total. The number of guanidine groups is 1. The first-order valence-electron chi connectivity index (χ1n) is 5.98. The second kappa shape index (κ2) is 6.93. The van der Waals surface area contributed by atoms with E-state index in [0.29, 0.717) is 5.96 Å². The molecule has 1 aromatic carbocycles. The largest absolute Gasteiger partial charge is 0.354 e. The third-order valence-electron chi connectivity index (χ3n) is 2.67. The number of hydrogen-bond donors (Lipinski definition) is 2. The van der Waals surface area contributed by atoms with Crippen molar-refractivity contribution in [1.82, 2.24) is 10.6 Å². The van der Waals surface area contributed by atoms with Crippen molar-refractivity contribution in [3.05, 3.63) is 35.4 Å². The lowest BCUT2D eigenvalue weighted by Gasteiger charge is -2.16. The molecule has 18 heavy (non-hydrogen) atoms. The van der Waals surface area contributed by atoms with E-state index >= 15 is 0 Å². The Hall–Kier alpha value is -1.65. The van der Waals surface area contributed by atoms with Gasteiger partial charge in [-0.1, -0.05) is 6.92 Å². The highest BCUT2D eigenvalue weighted by molar-refractivity contribution is 5.79. The van der Waals surface area contributed by atoms with Crippen LogP contribution in [-0.2, 0) is 6.54 Å². The molecular formula is C13H19F2N3. The van der Waals surface area contributed by atoms with Crippen LogP contribution >= 0.6 is 0 Å². The van der Waals surface area contributed by atoms with Crippen LogP contribution < -0.4 is 10.6 Å². The van der Waals surface area contributed by atoms with Crippen molar-refractivity contribution in [3.8, 4) is 0 Å². The molecule has 0 bridgehead atoms. The third-order valence-corrected chi connectivity index (χ3v) is 2.67. The number of nitrogens with zero attached hydrogens (tertiary/aromatic N) is 1. The fourth-order valence-electron chi connectivity index (χ4n) is 1.39. The van der Waals surface area contributed by atoms with Crippen molar-refractivity contribution >= 4 is 5.96 Å². The van der Waals surface area contributed by atoms with E-state index in [1.54, 1.807) is 7.05 Å². The van der Waals surface area contributed by atoms with Crippen LogP contribution in [0, 0.1) is 11.6 Å². The highest BCUT2D eigenvalue weighted by atomic mass is 19.1. The molecule has 0 fully saturated rings. The van der Waals surface area contributed by atoms with Crippen LogP contribution in [0.2, 0.25) is 0 Å². The topological polar surface area (TPSA) is 36.4 Å². The summed E-state index contributed by atoms with van der Waals surface area (Å²) in [6, 6.07) is 3.68. The van der Waals surface area contributed by atoms with Crippen LogP contribution in [-0.4, -0.2) is 19.0 Å². The summed E-state index contributed by atoms with van der Waals surface area (Å²) in [6.45, 7) is 4.27. The smallest absolute Gasteiger partial charge is 0.191 e. The van der Waals surface area contributed by atoms with Gasteiger partial charge < -0.3 is 10.6 Å². The Morgan fingerprint density at radius 1 is 1.39 bits per heavy atom. The summed E-state index contributed by atoms with van der Waals surface area (Å²) in [4.78, 5) is 4.02. The quantitative estimate of drug-likeness (QED) is 0.640. The van der Waals surface area contributed by atoms with Gasteiger partial charge in [0.1, 0.15) is 11.6 Å². The van der Waals surface area contributed by atoms with Crippen molar-refractivity contribution in [2.75, 3.05) is 7.05 Å². The van der Waals surface area contributed by atoms with Gasteiger partial charge >= 0.3 is 0 Å². The highest BCUT2D eigenvalue weighted by Crippen LogP contribution is 2.09. The summed E-state index contributed by atoms with van der Waals surface area (Å²) in [5, 5.41) is 6.09. The first kappa shape index (κ1) is 14.4. The number of hydrogen-bond acceptors (Lipinski definition) is 1. The number of aliphatic imine (C=N–C) groups is 1. The first-order chi connectivity index (χ1) is 8.56. The van der Waals surface area contributed by atoms with Crippen molar-refractivity contribution in [2.45, 2.75) is 32.9 Å². The molecule has 1 unspecified atom stereocenters. The minimum absolute atomic E-state index is 0.194. The molecule has 0 aliphatic heterocycles. The average Bonchev–Trinajstić information content (AvgIpc) is 2.37. The van der Waals surface area contributed by atoms with Gasteiger partial charge in [-0.05, 0) is 31.5 Å². The number of nitrogens with one attached hydrogen (secondary N) is 2. The molecule has 0 radical (unpaired) electrons. The summed E-state index contributed by atoms with van der Waals surface area (Å²) >= 11 is 0. The molecule has 1 atom stereocenters. The lowest BCUT2D eigenvalue weighted by molar-refractivity contribution is 0.578. The normalized spacial score (nSPS) is 13.3. The van der Waals surface area contributed by atoms with Gasteiger partial charge in [-0.15, -0.1) is 0 Å². The van der Waals surface area contributed by atoms with E-state index in [2.05, 4.69) is 22.5 Å². The zero-order chi connectivity index (χ0) is 13.5. The van der Waals surface area contributed by atoms with Crippen molar-refractivity contribution < 1.29 is 8.78 Å². The Labute approximate surface area is 106 Å². The van der Waals surface area contributed by atoms with E-state index in [1.807, 2.05) is 6.92 Å². The minimum Gasteiger partial charge on any atom is -0.354 e. The summed E-state index contributed by atoms with van der Waals surface area (Å²) in [5.41, 5.74) is 0.280. The van der Waals surface area contributed by atoms with E-state index in [1.165, 1.54) is 6.07 Å². The van der Waals surface area contributed by atoms with E-state index in [4.69, 9.17) is 0 Å². The van der Waals surface area contributed by atoms with Crippen LogP contribution in [0.3, 0.4) is 0 Å². The van der Waals surface area contributed by atoms with Crippen LogP contribution in [0.25, 0.3) is 0 Å². The number of benzene rings is 1. The lowest BCUT2D eigenvalue weighted by Crippen LogP contribution is -2.41. The first-order valence-corrected chi connectivity index (χ1v) is 5.98. The van der Waals surface area contributed by atoms with Crippen molar-refractivity contribution in [1.29, 1.82) is 0 Å². The SMILES string of the molecule is CCC(C)NC(=NC)NCc1cc(F)ccc1F. The Kier molecular flexibility index (Phi) is 5.55. The summed E-state index contributed by atoms with van der Waals surface area (Å²) in [7, 11) is 1.64. The molecule has 2 N–H and O–H groups in total. The van der Waals surface area contributed by atoms with Gasteiger partial charge in [0.05, 0.1) is 0 Å². The van der Waals surface area contributed by atoms with Gasteiger partial charge in [-0.3, -0.25) is 4.99 Å². The molecule has 0 amide bonds. The van der Waals surface area contributed by atoms with E-state index in [9.17, 15) is 8.78 Å². The molecule has 0 saturated carbocycles. The summed E-state index contributed by atoms with van der Waals surface area (Å²) in [5.74, 6) is -0.297. The monoisotopic (exact) mass is 255 g/mol. The van der Waals surface area contributed by atoms with E-state index < -0.39 is 11.6 Å². The predicted octanol–water partition coefficient (Wildman–Crippen LogP) is 2.43. The van der Waals surface area contributed by atoms with Gasteiger partial charge in [-0.25, -0.2) is 8.78 Å². The molecule has 0 spiro atoms. The summed E-state index contributed by atoms with van der Waals surface area (Å²) in [6.07, 6.45) is 0.953. The Bertz CT molecular complexity index is 419. The van der Waals surface area contributed by atoms with Gasteiger partial charge in [0.2, 0.25) is 0 Å². The molecule has 100 valence electrons. The van der Waals surface area contributed by atoms with E-state index in [0.717, 1.165) is 18.6 Å². The maximum Gasteiger partial charge on any atom is 0.191 e. The van der Waals surface area contributed by atoms with Gasteiger partial charge in [0.25, 0.3) is 0 Å². The average molecular weight is 255 g/mol. The second-order valence-electron chi connectivity index (χ2n) is 4.12. The van der Waals surface area contributed by atoms with Crippen LogP contribution in [0.5, 0.6) is 0 Å². The van der Waals surface area contributed by atoms with Crippen molar-refractivity contribution in [2.24, 2.45) is 4.99 Å². The van der Waals surface area contributed by atoms with Crippen LogP contribution in [0.15, 0.2) is 23.2 Å². The van der Waals surface area contributed by atoms with E-state index in [-0.39, 0.29) is 18.2 Å². The molecule has 0 aromatic heterocycles. The van der Waals surface area contributed by atoms with Crippen LogP contribution in [0.4, 0.5) is 8.78 Å². The second-order valence-corrected chi connectivity index (χ2v) is 4.12. The molecule has 1 aromatic rings. The third kappa shape index (κ3) is 4.31.